The van der Waals surface area contributed by atoms with Crippen molar-refractivity contribution in [3.8, 4) is 5.69 Å². The van der Waals surface area contributed by atoms with E-state index >= 15 is 0 Å². The van der Waals surface area contributed by atoms with Gasteiger partial charge in [-0.05, 0) is 49.1 Å². The van der Waals surface area contributed by atoms with Crippen LogP contribution in [0.4, 0.5) is 13.2 Å². The van der Waals surface area contributed by atoms with Gasteiger partial charge in [-0.25, -0.2) is 0 Å². The first-order chi connectivity index (χ1) is 15.9. The van der Waals surface area contributed by atoms with Crippen LogP contribution in [0.25, 0.3) is 5.69 Å². The second kappa shape index (κ2) is 11.9. The highest BCUT2D eigenvalue weighted by molar-refractivity contribution is 7.98. The lowest BCUT2D eigenvalue weighted by Crippen LogP contribution is -2.23. The third-order valence-corrected chi connectivity index (χ3v) is 5.99. The first-order valence-corrected chi connectivity index (χ1v) is 11.9. The molecule has 0 atom stereocenters. The first kappa shape index (κ1) is 24.8. The molecule has 0 unspecified atom stereocenters. The van der Waals surface area contributed by atoms with Crippen LogP contribution in [0.3, 0.4) is 0 Å². The minimum Gasteiger partial charge on any atom is -0.356 e. The molecule has 33 heavy (non-hydrogen) atoms. The van der Waals surface area contributed by atoms with E-state index in [0.29, 0.717) is 30.3 Å². The summed E-state index contributed by atoms with van der Waals surface area (Å²) in [5.41, 5.74) is 1.04. The third-order valence-electron chi connectivity index (χ3n) is 4.99. The SMILES string of the molecule is CCCNC(=O)CCCCc1nnc(SCc2ccc(C(F)(F)F)cc2)n1-c1ccccc1. The molecule has 0 aliphatic carbocycles. The lowest BCUT2D eigenvalue weighted by molar-refractivity contribution is -0.137. The number of aromatic nitrogens is 3. The van der Waals surface area contributed by atoms with Crippen molar-refractivity contribution >= 4 is 17.7 Å². The number of hydrogen-bond acceptors (Lipinski definition) is 4. The number of amides is 1. The Balaban J connectivity index is 1.66. The van der Waals surface area contributed by atoms with E-state index in [9.17, 15) is 18.0 Å². The molecule has 9 heteroatoms. The molecule has 176 valence electrons. The van der Waals surface area contributed by atoms with Crippen molar-refractivity contribution in [1.82, 2.24) is 20.1 Å². The highest BCUT2D eigenvalue weighted by Crippen LogP contribution is 2.31. The number of rotatable bonds is 11. The molecule has 0 fully saturated rings. The Morgan fingerprint density at radius 3 is 2.42 bits per heavy atom. The largest absolute Gasteiger partial charge is 0.416 e. The van der Waals surface area contributed by atoms with Gasteiger partial charge < -0.3 is 5.32 Å². The fourth-order valence-corrected chi connectivity index (χ4v) is 4.18. The molecule has 0 aliphatic rings. The Morgan fingerprint density at radius 1 is 1.03 bits per heavy atom. The van der Waals surface area contributed by atoms with Gasteiger partial charge in [0.2, 0.25) is 5.91 Å². The zero-order chi connectivity index (χ0) is 23.7. The van der Waals surface area contributed by atoms with Crippen LogP contribution in [0.2, 0.25) is 0 Å². The van der Waals surface area contributed by atoms with E-state index in [-0.39, 0.29) is 5.91 Å². The second-order valence-electron chi connectivity index (χ2n) is 7.61. The number of nitrogens with zero attached hydrogens (tertiary/aromatic N) is 3. The van der Waals surface area contributed by atoms with Crippen LogP contribution in [-0.4, -0.2) is 27.2 Å². The van der Waals surface area contributed by atoms with Crippen molar-refractivity contribution in [2.45, 2.75) is 56.1 Å². The fourth-order valence-electron chi connectivity index (χ4n) is 3.25. The molecule has 0 radical (unpaired) electrons. The summed E-state index contributed by atoms with van der Waals surface area (Å²) in [6.45, 7) is 2.71. The molecule has 1 N–H and O–H groups in total. The maximum absolute atomic E-state index is 12.8. The van der Waals surface area contributed by atoms with Crippen LogP contribution < -0.4 is 5.32 Å². The van der Waals surface area contributed by atoms with Crippen LogP contribution in [-0.2, 0) is 23.1 Å². The first-order valence-electron chi connectivity index (χ1n) is 10.9. The van der Waals surface area contributed by atoms with Gasteiger partial charge in [-0.1, -0.05) is 49.0 Å². The van der Waals surface area contributed by atoms with Gasteiger partial charge in [0.25, 0.3) is 0 Å². The number of unbranched alkanes of at least 4 members (excludes halogenated alkanes) is 1. The van der Waals surface area contributed by atoms with Gasteiger partial charge in [-0.3, -0.25) is 9.36 Å². The number of carbonyl (C=O) groups excluding carboxylic acids is 1. The lowest BCUT2D eigenvalue weighted by atomic mass is 10.1. The van der Waals surface area contributed by atoms with Gasteiger partial charge in [0, 0.05) is 30.8 Å². The summed E-state index contributed by atoms with van der Waals surface area (Å²) in [6.07, 6.45) is -0.721. The van der Waals surface area contributed by atoms with Crippen LogP contribution in [0.1, 0.15) is 49.6 Å². The number of carbonyl (C=O) groups is 1. The van der Waals surface area contributed by atoms with Crippen molar-refractivity contribution < 1.29 is 18.0 Å². The summed E-state index contributed by atoms with van der Waals surface area (Å²) >= 11 is 1.43. The van der Waals surface area contributed by atoms with Crippen molar-refractivity contribution in [1.29, 1.82) is 0 Å². The molecule has 3 rings (SSSR count). The standard InChI is InChI=1S/C24H27F3N4OS/c1-2-16-28-22(32)11-7-6-10-21-29-30-23(31(21)20-8-4-3-5-9-20)33-17-18-12-14-19(15-13-18)24(25,26)27/h3-5,8-9,12-15H,2,6-7,10-11,16-17H2,1H3,(H,28,32). The summed E-state index contributed by atoms with van der Waals surface area (Å²) in [5.74, 6) is 1.33. The molecule has 0 bridgehead atoms. The van der Waals surface area contributed by atoms with E-state index in [1.54, 1.807) is 0 Å². The number of thioether (sulfide) groups is 1. The highest BCUT2D eigenvalue weighted by atomic mass is 32.2. The molecular formula is C24H27F3N4OS. The van der Waals surface area contributed by atoms with E-state index in [4.69, 9.17) is 0 Å². The van der Waals surface area contributed by atoms with Crippen molar-refractivity contribution in [2.24, 2.45) is 0 Å². The molecule has 1 aromatic heterocycles. The lowest BCUT2D eigenvalue weighted by Gasteiger charge is -2.11. The number of halogens is 3. The maximum Gasteiger partial charge on any atom is 0.416 e. The average Bonchev–Trinajstić information content (AvgIpc) is 3.22. The third kappa shape index (κ3) is 7.35. The van der Waals surface area contributed by atoms with Crippen LogP contribution >= 0.6 is 11.8 Å². The van der Waals surface area contributed by atoms with Crippen molar-refractivity contribution in [3.05, 3.63) is 71.5 Å². The summed E-state index contributed by atoms with van der Waals surface area (Å²) in [7, 11) is 0. The molecule has 1 amide bonds. The molecule has 0 spiro atoms. The van der Waals surface area contributed by atoms with Gasteiger partial charge in [0.05, 0.1) is 5.56 Å². The van der Waals surface area contributed by atoms with Gasteiger partial charge in [-0.15, -0.1) is 10.2 Å². The van der Waals surface area contributed by atoms with Crippen molar-refractivity contribution in [3.63, 3.8) is 0 Å². The van der Waals surface area contributed by atoms with Crippen LogP contribution in [0.5, 0.6) is 0 Å². The summed E-state index contributed by atoms with van der Waals surface area (Å²) in [6, 6.07) is 14.9. The fraction of sp³-hybridized carbons (Fsp3) is 0.375. The van der Waals surface area contributed by atoms with Crippen LogP contribution in [0, 0.1) is 0 Å². The molecule has 0 saturated carbocycles. The van der Waals surface area contributed by atoms with E-state index in [0.717, 1.165) is 48.5 Å². The molecule has 3 aromatic rings. The number of nitrogens with one attached hydrogen (secondary N) is 1. The molecule has 0 aliphatic heterocycles. The molecule has 2 aromatic carbocycles. The Bertz CT molecular complexity index is 1020. The average molecular weight is 477 g/mol. The number of hydrogen-bond donors (Lipinski definition) is 1. The zero-order valence-electron chi connectivity index (χ0n) is 18.4. The zero-order valence-corrected chi connectivity index (χ0v) is 19.3. The van der Waals surface area contributed by atoms with Crippen LogP contribution in [0.15, 0.2) is 59.8 Å². The summed E-state index contributed by atoms with van der Waals surface area (Å²) in [5, 5.41) is 12.3. The molecule has 5 nitrogen and oxygen atoms in total. The maximum atomic E-state index is 12.8. The number of para-hydroxylation sites is 1. The Kier molecular flexibility index (Phi) is 8.94. The molecule has 1 heterocycles. The van der Waals surface area contributed by atoms with Gasteiger partial charge in [0.1, 0.15) is 5.82 Å². The topological polar surface area (TPSA) is 59.8 Å². The van der Waals surface area contributed by atoms with E-state index in [1.807, 2.05) is 41.8 Å². The Morgan fingerprint density at radius 2 is 1.76 bits per heavy atom. The smallest absolute Gasteiger partial charge is 0.356 e. The van der Waals surface area contributed by atoms with Gasteiger partial charge in [-0.2, -0.15) is 13.2 Å². The second-order valence-corrected chi connectivity index (χ2v) is 8.55. The Hall–Kier alpha value is -2.81. The molecule has 0 saturated heterocycles. The van der Waals surface area contributed by atoms with Gasteiger partial charge in [0.15, 0.2) is 5.16 Å². The monoisotopic (exact) mass is 476 g/mol. The predicted molar refractivity (Wildman–Crippen MR) is 123 cm³/mol. The highest BCUT2D eigenvalue weighted by Gasteiger charge is 2.29. The predicted octanol–water partition coefficient (Wildman–Crippen LogP) is 5.82. The van der Waals surface area contributed by atoms with Crippen molar-refractivity contribution in [2.75, 3.05) is 6.54 Å². The quantitative estimate of drug-likeness (QED) is 0.280. The van der Waals surface area contributed by atoms with E-state index < -0.39 is 11.7 Å². The number of alkyl halides is 3. The minimum absolute atomic E-state index is 0.0640. The minimum atomic E-state index is -4.34. The van der Waals surface area contributed by atoms with E-state index in [1.165, 1.54) is 23.9 Å². The number of benzene rings is 2. The number of aryl methyl sites for hydroxylation is 1. The summed E-state index contributed by atoms with van der Waals surface area (Å²) in [4.78, 5) is 11.8. The Labute approximate surface area is 195 Å². The molecular weight excluding hydrogens is 449 g/mol. The summed E-state index contributed by atoms with van der Waals surface area (Å²) < 4.78 is 40.4. The van der Waals surface area contributed by atoms with Gasteiger partial charge >= 0.3 is 6.18 Å². The normalized spacial score (nSPS) is 11.5. The van der Waals surface area contributed by atoms with E-state index in [2.05, 4.69) is 15.5 Å².